The molecule has 116 valence electrons. The second-order valence-electron chi connectivity index (χ2n) is 6.80. The first-order valence-electron chi connectivity index (χ1n) is 8.04. The third kappa shape index (κ3) is 3.85. The molecule has 1 amide bonds. The number of aryl methyl sites for hydroxylation is 1. The normalized spacial score (nSPS) is 18.3. The van der Waals surface area contributed by atoms with E-state index in [9.17, 15) is 4.79 Å². The molecule has 3 nitrogen and oxygen atoms in total. The lowest BCUT2D eigenvalue weighted by Gasteiger charge is -2.31. The van der Waals surface area contributed by atoms with Gasteiger partial charge in [0.2, 0.25) is 5.91 Å². The summed E-state index contributed by atoms with van der Waals surface area (Å²) < 4.78 is 0. The monoisotopic (exact) mass is 288 g/mol. The van der Waals surface area contributed by atoms with E-state index in [0.717, 1.165) is 25.8 Å². The van der Waals surface area contributed by atoms with Crippen LogP contribution in [0.15, 0.2) is 18.2 Å². The van der Waals surface area contributed by atoms with E-state index in [-0.39, 0.29) is 11.8 Å². The Hall–Kier alpha value is -1.35. The summed E-state index contributed by atoms with van der Waals surface area (Å²) in [7, 11) is 0. The molecule has 1 aliphatic carbocycles. The van der Waals surface area contributed by atoms with Crippen molar-refractivity contribution in [1.29, 1.82) is 0 Å². The zero-order valence-corrected chi connectivity index (χ0v) is 13.7. The van der Waals surface area contributed by atoms with Crippen molar-refractivity contribution >= 4 is 5.91 Å². The lowest BCUT2D eigenvalue weighted by Crippen LogP contribution is -2.36. The number of amides is 1. The second-order valence-corrected chi connectivity index (χ2v) is 6.80. The predicted molar refractivity (Wildman–Crippen MR) is 87.0 cm³/mol. The van der Waals surface area contributed by atoms with Gasteiger partial charge in [0.15, 0.2) is 0 Å². The number of rotatable bonds is 5. The van der Waals surface area contributed by atoms with Crippen molar-refractivity contribution in [3.8, 4) is 0 Å². The predicted octanol–water partition coefficient (Wildman–Crippen LogP) is 2.90. The van der Waals surface area contributed by atoms with E-state index in [1.54, 1.807) is 0 Å². The van der Waals surface area contributed by atoms with Gasteiger partial charge in [0.25, 0.3) is 0 Å². The molecule has 0 saturated carbocycles. The molecule has 0 bridgehead atoms. The molecule has 0 fully saturated rings. The van der Waals surface area contributed by atoms with Gasteiger partial charge in [0.1, 0.15) is 0 Å². The van der Waals surface area contributed by atoms with Gasteiger partial charge in [0.05, 0.1) is 0 Å². The van der Waals surface area contributed by atoms with Crippen LogP contribution in [0, 0.1) is 5.92 Å². The van der Waals surface area contributed by atoms with Crippen LogP contribution in [-0.2, 0) is 24.2 Å². The quantitative estimate of drug-likeness (QED) is 0.905. The van der Waals surface area contributed by atoms with Gasteiger partial charge in [-0.05, 0) is 63.6 Å². The molecule has 1 aromatic rings. The third-order valence-corrected chi connectivity index (χ3v) is 4.59. The van der Waals surface area contributed by atoms with Gasteiger partial charge in [-0.3, -0.25) is 9.69 Å². The van der Waals surface area contributed by atoms with Crippen molar-refractivity contribution in [2.75, 3.05) is 0 Å². The van der Waals surface area contributed by atoms with Crippen LogP contribution in [0.3, 0.4) is 0 Å². The van der Waals surface area contributed by atoms with Crippen molar-refractivity contribution < 1.29 is 4.79 Å². The highest BCUT2D eigenvalue weighted by Crippen LogP contribution is 2.27. The van der Waals surface area contributed by atoms with Gasteiger partial charge in [-0.2, -0.15) is 0 Å². The molecule has 2 rings (SSSR count). The van der Waals surface area contributed by atoms with Crippen LogP contribution in [0.25, 0.3) is 0 Å². The summed E-state index contributed by atoms with van der Waals surface area (Å²) in [5.41, 5.74) is 9.51. The van der Waals surface area contributed by atoms with Gasteiger partial charge in [-0.15, -0.1) is 0 Å². The van der Waals surface area contributed by atoms with Crippen LogP contribution in [0.2, 0.25) is 0 Å². The Kier molecular flexibility index (Phi) is 5.04. The molecule has 1 aliphatic rings. The first-order chi connectivity index (χ1) is 9.88. The highest BCUT2D eigenvalue weighted by Gasteiger charge is 2.23. The third-order valence-electron chi connectivity index (χ3n) is 4.59. The van der Waals surface area contributed by atoms with E-state index in [1.807, 2.05) is 0 Å². The first kappa shape index (κ1) is 16.0. The topological polar surface area (TPSA) is 46.3 Å². The highest BCUT2D eigenvalue weighted by molar-refractivity contribution is 5.77. The van der Waals surface area contributed by atoms with Gasteiger partial charge < -0.3 is 5.73 Å². The Labute approximate surface area is 128 Å². The second kappa shape index (κ2) is 6.61. The van der Waals surface area contributed by atoms with Crippen LogP contribution in [0.4, 0.5) is 0 Å². The molecule has 0 aliphatic heterocycles. The molecule has 1 atom stereocenters. The van der Waals surface area contributed by atoms with Crippen LogP contribution in [0.1, 0.15) is 50.8 Å². The molecule has 0 radical (unpaired) electrons. The minimum Gasteiger partial charge on any atom is -0.369 e. The van der Waals surface area contributed by atoms with E-state index in [0.29, 0.717) is 12.1 Å². The molecule has 2 N–H and O–H groups in total. The number of nitrogens with two attached hydrogens (primary N) is 1. The Bertz CT molecular complexity index is 500. The minimum atomic E-state index is -0.157. The standard InChI is InChI=1S/C18H28N2O/c1-12(2)20(13(3)4)11-14-5-6-16-10-17(18(19)21)8-7-15(16)9-14/h5-6,9,12-13,17H,7-8,10-11H2,1-4H3,(H2,19,21). The summed E-state index contributed by atoms with van der Waals surface area (Å²) in [5.74, 6) is -0.137. The molecule has 0 aromatic heterocycles. The molecule has 1 aromatic carbocycles. The van der Waals surface area contributed by atoms with Gasteiger partial charge >= 0.3 is 0 Å². The molecule has 0 spiro atoms. The van der Waals surface area contributed by atoms with Crippen molar-refractivity contribution in [3.63, 3.8) is 0 Å². The molecule has 1 unspecified atom stereocenters. The Morgan fingerprint density at radius 2 is 1.90 bits per heavy atom. The van der Waals surface area contributed by atoms with E-state index >= 15 is 0 Å². The molecular formula is C18H28N2O. The number of carbonyl (C=O) groups excluding carboxylic acids is 1. The van der Waals surface area contributed by atoms with E-state index < -0.39 is 0 Å². The minimum absolute atomic E-state index is 0.0196. The van der Waals surface area contributed by atoms with Crippen molar-refractivity contribution in [1.82, 2.24) is 4.90 Å². The number of hydrogen-bond acceptors (Lipinski definition) is 2. The van der Waals surface area contributed by atoms with Gasteiger partial charge in [0, 0.05) is 24.5 Å². The number of primary amides is 1. The zero-order valence-electron chi connectivity index (χ0n) is 13.7. The average molecular weight is 288 g/mol. The zero-order chi connectivity index (χ0) is 15.6. The van der Waals surface area contributed by atoms with Gasteiger partial charge in [-0.25, -0.2) is 0 Å². The summed E-state index contributed by atoms with van der Waals surface area (Å²) in [6, 6.07) is 7.81. The number of carbonyl (C=O) groups is 1. The van der Waals surface area contributed by atoms with E-state index in [1.165, 1.54) is 16.7 Å². The summed E-state index contributed by atoms with van der Waals surface area (Å²) in [5, 5.41) is 0. The fourth-order valence-corrected chi connectivity index (χ4v) is 3.32. The lowest BCUT2D eigenvalue weighted by molar-refractivity contribution is -0.122. The van der Waals surface area contributed by atoms with Crippen molar-refractivity contribution in [3.05, 3.63) is 34.9 Å². The van der Waals surface area contributed by atoms with Gasteiger partial charge in [-0.1, -0.05) is 18.2 Å². The molecule has 0 saturated heterocycles. The molecule has 0 heterocycles. The maximum atomic E-state index is 11.3. The van der Waals surface area contributed by atoms with Crippen LogP contribution < -0.4 is 5.73 Å². The van der Waals surface area contributed by atoms with Crippen LogP contribution in [0.5, 0.6) is 0 Å². The fourth-order valence-electron chi connectivity index (χ4n) is 3.32. The number of benzene rings is 1. The maximum Gasteiger partial charge on any atom is 0.220 e. The number of fused-ring (bicyclic) bond motifs is 1. The number of nitrogens with zero attached hydrogens (tertiary/aromatic N) is 1. The Morgan fingerprint density at radius 3 is 2.48 bits per heavy atom. The highest BCUT2D eigenvalue weighted by atomic mass is 16.1. The number of hydrogen-bond donors (Lipinski definition) is 1. The molecular weight excluding hydrogens is 260 g/mol. The Morgan fingerprint density at radius 1 is 1.24 bits per heavy atom. The fraction of sp³-hybridized carbons (Fsp3) is 0.611. The maximum absolute atomic E-state index is 11.3. The summed E-state index contributed by atoms with van der Waals surface area (Å²) in [6.45, 7) is 9.97. The smallest absolute Gasteiger partial charge is 0.220 e. The summed E-state index contributed by atoms with van der Waals surface area (Å²) in [6.07, 6.45) is 2.67. The summed E-state index contributed by atoms with van der Waals surface area (Å²) >= 11 is 0. The van der Waals surface area contributed by atoms with Crippen molar-refractivity contribution in [2.24, 2.45) is 11.7 Å². The average Bonchev–Trinajstić information content (AvgIpc) is 2.43. The Balaban J connectivity index is 2.13. The van der Waals surface area contributed by atoms with E-state index in [2.05, 4.69) is 50.8 Å². The first-order valence-corrected chi connectivity index (χ1v) is 8.04. The molecule has 21 heavy (non-hydrogen) atoms. The van der Waals surface area contributed by atoms with E-state index in [4.69, 9.17) is 5.73 Å². The van der Waals surface area contributed by atoms with Crippen LogP contribution in [-0.4, -0.2) is 22.9 Å². The lowest BCUT2D eigenvalue weighted by atomic mass is 9.83. The molecule has 3 heteroatoms. The van der Waals surface area contributed by atoms with Crippen LogP contribution >= 0.6 is 0 Å². The largest absolute Gasteiger partial charge is 0.369 e. The summed E-state index contributed by atoms with van der Waals surface area (Å²) in [4.78, 5) is 13.8. The SMILES string of the molecule is CC(C)N(Cc1ccc2c(c1)CCC(C(N)=O)C2)C(C)C. The van der Waals surface area contributed by atoms with Crippen molar-refractivity contribution in [2.45, 2.75) is 65.6 Å².